The molecule has 2 aromatic carbocycles. The third-order valence-corrected chi connectivity index (χ3v) is 4.98. The maximum atomic E-state index is 12.5. The van der Waals surface area contributed by atoms with Crippen LogP contribution in [0.1, 0.15) is 5.56 Å². The van der Waals surface area contributed by atoms with Gasteiger partial charge < -0.3 is 9.88 Å². The number of nitrogens with zero attached hydrogens (tertiary/aromatic N) is 2. The van der Waals surface area contributed by atoms with Crippen molar-refractivity contribution < 1.29 is 17.2 Å². The van der Waals surface area contributed by atoms with Crippen LogP contribution in [0.4, 0.5) is 20.2 Å². The molecule has 1 N–H and O–H groups in total. The molecule has 0 fully saturated rings. The van der Waals surface area contributed by atoms with E-state index in [-0.39, 0.29) is 0 Å². The predicted octanol–water partition coefficient (Wildman–Crippen LogP) is 3.67. The number of aromatic nitrogens is 2. The van der Waals surface area contributed by atoms with Crippen molar-refractivity contribution in [1.82, 2.24) is 9.55 Å². The molecule has 1 aromatic heterocycles. The minimum absolute atomic E-state index is 0.399. The molecule has 0 aliphatic carbocycles. The van der Waals surface area contributed by atoms with Gasteiger partial charge in [0, 0.05) is 30.3 Å². The van der Waals surface area contributed by atoms with Crippen molar-refractivity contribution in [2.75, 3.05) is 5.32 Å². The van der Waals surface area contributed by atoms with Crippen LogP contribution in [-0.4, -0.2) is 23.7 Å². The Labute approximate surface area is 143 Å². The third kappa shape index (κ3) is 4.03. The average Bonchev–Trinajstić information content (AvgIpc) is 3.10. The lowest BCUT2D eigenvalue weighted by molar-refractivity contribution is 0.234. The van der Waals surface area contributed by atoms with Crippen molar-refractivity contribution >= 4 is 21.2 Å². The predicted molar refractivity (Wildman–Crippen MR) is 90.7 cm³/mol. The first-order chi connectivity index (χ1) is 11.9. The van der Waals surface area contributed by atoms with E-state index in [4.69, 9.17) is 0 Å². The van der Waals surface area contributed by atoms with Gasteiger partial charge in [-0.2, -0.15) is 8.78 Å². The molecule has 0 bridgehead atoms. The van der Waals surface area contributed by atoms with Gasteiger partial charge in [-0.15, -0.1) is 0 Å². The highest BCUT2D eigenvalue weighted by Crippen LogP contribution is 2.22. The highest BCUT2D eigenvalue weighted by atomic mass is 32.2. The molecule has 0 unspecified atom stereocenters. The topological polar surface area (TPSA) is 64.0 Å². The number of hydrogen-bond acceptors (Lipinski definition) is 4. The summed E-state index contributed by atoms with van der Waals surface area (Å²) >= 11 is 0. The molecule has 0 spiro atoms. The van der Waals surface area contributed by atoms with Crippen molar-refractivity contribution in [3.05, 3.63) is 72.8 Å². The Balaban J connectivity index is 1.68. The van der Waals surface area contributed by atoms with E-state index < -0.39 is 20.5 Å². The van der Waals surface area contributed by atoms with Crippen molar-refractivity contribution in [1.29, 1.82) is 0 Å². The number of imidazole rings is 1. The van der Waals surface area contributed by atoms with Crippen molar-refractivity contribution in [2.45, 2.75) is 17.2 Å². The molecule has 3 rings (SSSR count). The molecule has 130 valence electrons. The van der Waals surface area contributed by atoms with E-state index in [1.54, 1.807) is 12.5 Å². The highest BCUT2D eigenvalue weighted by Gasteiger charge is 2.26. The van der Waals surface area contributed by atoms with E-state index in [1.807, 2.05) is 35.0 Å². The Morgan fingerprint density at radius 3 is 2.12 bits per heavy atom. The van der Waals surface area contributed by atoms with Crippen molar-refractivity contribution in [3.63, 3.8) is 0 Å². The summed E-state index contributed by atoms with van der Waals surface area (Å²) in [5.74, 6) is -3.42. The number of halogens is 2. The van der Waals surface area contributed by atoms with Crippen LogP contribution >= 0.6 is 0 Å². The Hall–Kier alpha value is -2.74. The van der Waals surface area contributed by atoms with Gasteiger partial charge in [0.25, 0.3) is 0 Å². The Bertz CT molecular complexity index is 923. The Morgan fingerprint density at radius 1 is 1.00 bits per heavy atom. The van der Waals surface area contributed by atoms with Gasteiger partial charge in [-0.3, -0.25) is 0 Å². The second-order valence-corrected chi connectivity index (χ2v) is 7.30. The van der Waals surface area contributed by atoms with Crippen LogP contribution < -0.4 is 5.32 Å². The summed E-state index contributed by atoms with van der Waals surface area (Å²) in [6.07, 6.45) is 5.33. The molecule has 25 heavy (non-hydrogen) atoms. The van der Waals surface area contributed by atoms with Gasteiger partial charge in [-0.1, -0.05) is 12.1 Å². The zero-order chi connectivity index (χ0) is 17.9. The average molecular weight is 363 g/mol. The van der Waals surface area contributed by atoms with Crippen LogP contribution in [0.2, 0.25) is 0 Å². The van der Waals surface area contributed by atoms with Crippen molar-refractivity contribution in [3.8, 4) is 0 Å². The Kier molecular flexibility index (Phi) is 4.80. The van der Waals surface area contributed by atoms with E-state index >= 15 is 0 Å². The molecule has 0 amide bonds. The molecule has 0 saturated carbocycles. The lowest BCUT2D eigenvalue weighted by Gasteiger charge is -2.09. The van der Waals surface area contributed by atoms with E-state index in [0.717, 1.165) is 23.4 Å². The fourth-order valence-electron chi connectivity index (χ4n) is 2.28. The molecule has 0 atom stereocenters. The monoisotopic (exact) mass is 363 g/mol. The van der Waals surface area contributed by atoms with Crippen LogP contribution in [0.3, 0.4) is 0 Å². The van der Waals surface area contributed by atoms with Crippen LogP contribution in [0.5, 0.6) is 0 Å². The summed E-state index contributed by atoms with van der Waals surface area (Å²) in [7, 11) is -4.57. The minimum atomic E-state index is -4.57. The summed E-state index contributed by atoms with van der Waals surface area (Å²) in [5.41, 5.74) is 2.51. The van der Waals surface area contributed by atoms with Gasteiger partial charge in [0.05, 0.1) is 11.2 Å². The van der Waals surface area contributed by atoms with Crippen LogP contribution in [0, 0.1) is 0 Å². The standard InChI is InChI=1S/C17H15F2N3O2S/c18-17(19)25(23,24)16-7-5-15(6-8-16)21-14-3-1-13(2-4-14)11-22-10-9-20-12-22/h1-10,12,17,21H,11H2. The maximum absolute atomic E-state index is 12.5. The Morgan fingerprint density at radius 2 is 1.60 bits per heavy atom. The minimum Gasteiger partial charge on any atom is -0.356 e. The van der Waals surface area contributed by atoms with E-state index in [2.05, 4.69) is 10.3 Å². The zero-order valence-electron chi connectivity index (χ0n) is 13.0. The van der Waals surface area contributed by atoms with Gasteiger partial charge in [-0.05, 0) is 42.0 Å². The molecule has 0 radical (unpaired) electrons. The number of alkyl halides is 2. The molecular weight excluding hydrogens is 348 g/mol. The first kappa shape index (κ1) is 17.1. The second-order valence-electron chi connectivity index (χ2n) is 5.39. The molecule has 0 saturated heterocycles. The molecule has 3 aromatic rings. The highest BCUT2D eigenvalue weighted by molar-refractivity contribution is 7.91. The summed E-state index contributed by atoms with van der Waals surface area (Å²) in [6.45, 7) is 0.709. The molecule has 0 aliphatic rings. The lowest BCUT2D eigenvalue weighted by atomic mass is 10.2. The van der Waals surface area contributed by atoms with E-state index in [1.165, 1.54) is 12.1 Å². The van der Waals surface area contributed by atoms with Crippen LogP contribution in [0.15, 0.2) is 72.1 Å². The quantitative estimate of drug-likeness (QED) is 0.726. The van der Waals surface area contributed by atoms with Crippen LogP contribution in [0.25, 0.3) is 0 Å². The summed E-state index contributed by atoms with van der Waals surface area (Å²) < 4.78 is 49.8. The zero-order valence-corrected chi connectivity index (χ0v) is 13.8. The molecule has 0 aliphatic heterocycles. The number of rotatable bonds is 6. The summed E-state index contributed by atoms with van der Waals surface area (Å²) in [5, 5.41) is 3.10. The third-order valence-electron chi connectivity index (χ3n) is 3.58. The van der Waals surface area contributed by atoms with Gasteiger partial charge in [-0.25, -0.2) is 13.4 Å². The number of benzene rings is 2. The maximum Gasteiger partial charge on any atom is 0.341 e. The number of nitrogens with one attached hydrogen (secondary N) is 1. The fraction of sp³-hybridized carbons (Fsp3) is 0.118. The summed E-state index contributed by atoms with van der Waals surface area (Å²) in [6, 6.07) is 12.9. The fourth-order valence-corrected chi connectivity index (χ4v) is 3.00. The number of sulfone groups is 1. The van der Waals surface area contributed by atoms with Gasteiger partial charge >= 0.3 is 5.76 Å². The smallest absolute Gasteiger partial charge is 0.341 e. The number of hydrogen-bond donors (Lipinski definition) is 1. The first-order valence-corrected chi connectivity index (χ1v) is 8.93. The molecule has 1 heterocycles. The molecule has 5 nitrogen and oxygen atoms in total. The van der Waals surface area contributed by atoms with E-state index in [0.29, 0.717) is 12.2 Å². The van der Waals surface area contributed by atoms with Crippen LogP contribution in [-0.2, 0) is 16.4 Å². The second kappa shape index (κ2) is 7.02. The molecule has 8 heteroatoms. The first-order valence-electron chi connectivity index (χ1n) is 7.39. The SMILES string of the molecule is O=S(=O)(c1ccc(Nc2ccc(Cn3ccnc3)cc2)cc1)C(F)F. The lowest BCUT2D eigenvalue weighted by Crippen LogP contribution is -2.11. The largest absolute Gasteiger partial charge is 0.356 e. The number of anilines is 2. The van der Waals surface area contributed by atoms with Crippen molar-refractivity contribution in [2.24, 2.45) is 0 Å². The molecular formula is C17H15F2N3O2S. The van der Waals surface area contributed by atoms with E-state index in [9.17, 15) is 17.2 Å². The van der Waals surface area contributed by atoms with Gasteiger partial charge in [0.1, 0.15) is 0 Å². The normalized spacial score (nSPS) is 11.6. The van der Waals surface area contributed by atoms with Gasteiger partial charge in [0.2, 0.25) is 9.84 Å². The summed E-state index contributed by atoms with van der Waals surface area (Å²) in [4.78, 5) is 3.59. The van der Waals surface area contributed by atoms with Gasteiger partial charge in [0.15, 0.2) is 0 Å².